The van der Waals surface area contributed by atoms with Gasteiger partial charge in [-0.3, -0.25) is 0 Å². The lowest BCUT2D eigenvalue weighted by molar-refractivity contribution is 1.49. The molecule has 0 fully saturated rings. The maximum Gasteiger partial charge on any atom is 0.181 e. The van der Waals surface area contributed by atoms with Crippen molar-refractivity contribution in [3.8, 4) is 11.1 Å². The third-order valence-corrected chi connectivity index (χ3v) is 12.5. The van der Waals surface area contributed by atoms with Gasteiger partial charge in [-0.2, -0.15) is 0 Å². The molecule has 1 heteroatoms. The van der Waals surface area contributed by atoms with Gasteiger partial charge in [0.05, 0.1) is 0 Å². The molecular weight excluding hydrogens is 424 g/mol. The fourth-order valence-corrected chi connectivity index (χ4v) is 11.7. The Morgan fingerprint density at radius 3 is 1.82 bits per heavy atom. The molecular formula is C33H24Si. The number of aryl methyl sites for hydroxylation is 1. The van der Waals surface area contributed by atoms with E-state index in [1.807, 2.05) is 0 Å². The van der Waals surface area contributed by atoms with Crippen LogP contribution in [-0.2, 0) is 0 Å². The Balaban J connectivity index is 1.79. The molecule has 6 aromatic rings. The van der Waals surface area contributed by atoms with Gasteiger partial charge in [-0.25, -0.2) is 0 Å². The maximum atomic E-state index is 2.47. The summed E-state index contributed by atoms with van der Waals surface area (Å²) in [5, 5.41) is 11.4. The van der Waals surface area contributed by atoms with Crippen LogP contribution in [0.4, 0.5) is 0 Å². The van der Waals surface area contributed by atoms with Crippen molar-refractivity contribution in [2.45, 2.75) is 6.92 Å². The van der Waals surface area contributed by atoms with Gasteiger partial charge in [-0.15, -0.1) is 0 Å². The van der Waals surface area contributed by atoms with Gasteiger partial charge in [0.2, 0.25) is 0 Å². The van der Waals surface area contributed by atoms with Gasteiger partial charge < -0.3 is 0 Å². The van der Waals surface area contributed by atoms with E-state index in [2.05, 4.69) is 134 Å². The van der Waals surface area contributed by atoms with E-state index in [9.17, 15) is 0 Å². The monoisotopic (exact) mass is 448 g/mol. The Labute approximate surface area is 201 Å². The van der Waals surface area contributed by atoms with Gasteiger partial charge in [-0.1, -0.05) is 133 Å². The third-order valence-electron chi connectivity index (χ3n) is 7.57. The molecule has 0 saturated heterocycles. The number of benzene rings is 6. The summed E-state index contributed by atoms with van der Waals surface area (Å²) in [5.41, 5.74) is 4.12. The van der Waals surface area contributed by atoms with Crippen LogP contribution in [0.2, 0.25) is 0 Å². The highest BCUT2D eigenvalue weighted by atomic mass is 28.3. The molecule has 0 bridgehead atoms. The highest BCUT2D eigenvalue weighted by Crippen LogP contribution is 2.35. The lowest BCUT2D eigenvalue weighted by Crippen LogP contribution is -2.73. The lowest BCUT2D eigenvalue weighted by Gasteiger charge is -2.32. The standard InChI is InChI=1S/C33H24Si/c1-23-16-20-29-30-21-19-25-18-17-24-10-8-9-15-28(24)32(25)33(30)34(31(29)22-23,26-11-4-2-5-12-26)27-13-6-3-7-14-27/h2-22H,1H3. The van der Waals surface area contributed by atoms with E-state index in [0.717, 1.165) is 0 Å². The highest BCUT2D eigenvalue weighted by Gasteiger charge is 2.49. The Morgan fingerprint density at radius 2 is 1.09 bits per heavy atom. The minimum absolute atomic E-state index is 1.31. The maximum absolute atomic E-state index is 2.54. The van der Waals surface area contributed by atoms with Crippen LogP contribution in [-0.4, -0.2) is 8.07 Å². The lowest BCUT2D eigenvalue weighted by atomic mass is 9.97. The largest absolute Gasteiger partial charge is 0.181 e. The summed E-state index contributed by atoms with van der Waals surface area (Å²) in [6.45, 7) is 2.23. The Kier molecular flexibility index (Phi) is 4.18. The number of hydrogen-bond donors (Lipinski definition) is 0. The summed E-state index contributed by atoms with van der Waals surface area (Å²) < 4.78 is 0. The minimum Gasteiger partial charge on any atom is -0.0623 e. The second-order valence-corrected chi connectivity index (χ2v) is 13.1. The summed E-state index contributed by atoms with van der Waals surface area (Å²) in [6.07, 6.45) is 0. The molecule has 1 aliphatic heterocycles. The minimum atomic E-state index is -2.54. The summed E-state index contributed by atoms with van der Waals surface area (Å²) >= 11 is 0. The zero-order valence-electron chi connectivity index (χ0n) is 19.1. The Morgan fingerprint density at radius 1 is 0.500 bits per heavy atom. The molecule has 160 valence electrons. The number of fused-ring (bicyclic) bond motifs is 7. The average Bonchev–Trinajstić information content (AvgIpc) is 3.20. The van der Waals surface area contributed by atoms with Crippen LogP contribution >= 0.6 is 0 Å². The molecule has 0 N–H and O–H groups in total. The molecule has 34 heavy (non-hydrogen) atoms. The second-order valence-electron chi connectivity index (χ2n) is 9.40. The van der Waals surface area contributed by atoms with Gasteiger partial charge in [0.1, 0.15) is 0 Å². The molecule has 0 aromatic heterocycles. The van der Waals surface area contributed by atoms with E-state index in [1.54, 1.807) is 5.19 Å². The van der Waals surface area contributed by atoms with Crippen LogP contribution in [0.3, 0.4) is 0 Å². The predicted octanol–water partition coefficient (Wildman–Crippen LogP) is 5.66. The number of hydrogen-bond acceptors (Lipinski definition) is 0. The molecule has 1 aliphatic rings. The first-order valence-electron chi connectivity index (χ1n) is 12.0. The first-order valence-corrected chi connectivity index (χ1v) is 14.0. The van der Waals surface area contributed by atoms with Crippen molar-refractivity contribution >= 4 is 50.4 Å². The first-order chi connectivity index (χ1) is 16.8. The fourth-order valence-electron chi connectivity index (χ4n) is 6.19. The van der Waals surface area contributed by atoms with Crippen molar-refractivity contribution < 1.29 is 0 Å². The van der Waals surface area contributed by atoms with Gasteiger partial charge in [-0.05, 0) is 60.3 Å². The normalized spacial score (nSPS) is 13.7. The van der Waals surface area contributed by atoms with E-state index in [1.165, 1.54) is 53.8 Å². The quantitative estimate of drug-likeness (QED) is 0.236. The summed E-state index contributed by atoms with van der Waals surface area (Å²) in [5.74, 6) is 0. The Hall–Kier alpha value is -3.94. The molecule has 0 radical (unpaired) electrons. The summed E-state index contributed by atoms with van der Waals surface area (Å²) in [4.78, 5) is 0. The van der Waals surface area contributed by atoms with Crippen LogP contribution in [0.5, 0.6) is 0 Å². The van der Waals surface area contributed by atoms with E-state index < -0.39 is 8.07 Å². The van der Waals surface area contributed by atoms with E-state index in [-0.39, 0.29) is 0 Å². The zero-order valence-corrected chi connectivity index (χ0v) is 20.1. The first kappa shape index (κ1) is 19.5. The highest BCUT2D eigenvalue weighted by molar-refractivity contribution is 7.23. The van der Waals surface area contributed by atoms with Gasteiger partial charge >= 0.3 is 0 Å². The molecule has 0 saturated carbocycles. The molecule has 1 heterocycles. The zero-order chi connectivity index (χ0) is 22.7. The van der Waals surface area contributed by atoms with Gasteiger partial charge in [0.25, 0.3) is 0 Å². The predicted molar refractivity (Wildman–Crippen MR) is 149 cm³/mol. The third kappa shape index (κ3) is 2.53. The molecule has 0 amide bonds. The van der Waals surface area contributed by atoms with Crippen LogP contribution in [0, 0.1) is 6.92 Å². The topological polar surface area (TPSA) is 0 Å². The van der Waals surface area contributed by atoms with E-state index >= 15 is 0 Å². The summed E-state index contributed by atoms with van der Waals surface area (Å²) in [6, 6.07) is 47.9. The molecule has 6 aromatic carbocycles. The van der Waals surface area contributed by atoms with Crippen LogP contribution in [0.25, 0.3) is 32.7 Å². The molecule has 7 rings (SSSR count). The van der Waals surface area contributed by atoms with E-state index in [0.29, 0.717) is 0 Å². The van der Waals surface area contributed by atoms with Gasteiger partial charge in [0.15, 0.2) is 8.07 Å². The Bertz CT molecular complexity index is 1660. The smallest absolute Gasteiger partial charge is 0.0623 e. The summed E-state index contributed by atoms with van der Waals surface area (Å²) in [7, 11) is -2.54. The van der Waals surface area contributed by atoms with Crippen molar-refractivity contribution in [1.29, 1.82) is 0 Å². The molecule has 0 nitrogen and oxygen atoms in total. The van der Waals surface area contributed by atoms with Crippen LogP contribution in [0.1, 0.15) is 5.56 Å². The van der Waals surface area contributed by atoms with Crippen molar-refractivity contribution in [2.75, 3.05) is 0 Å². The van der Waals surface area contributed by atoms with Crippen molar-refractivity contribution in [3.63, 3.8) is 0 Å². The van der Waals surface area contributed by atoms with Crippen LogP contribution < -0.4 is 20.7 Å². The molecule has 0 unspecified atom stereocenters. The SMILES string of the molecule is Cc1ccc2c(c1)[Si](c1ccccc1)(c1ccccc1)c1c-2ccc2ccc3ccccc3c12. The fraction of sp³-hybridized carbons (Fsp3) is 0.0303. The van der Waals surface area contributed by atoms with Crippen molar-refractivity contribution in [3.05, 3.63) is 133 Å². The molecule has 0 aliphatic carbocycles. The van der Waals surface area contributed by atoms with E-state index in [4.69, 9.17) is 0 Å². The van der Waals surface area contributed by atoms with Gasteiger partial charge in [0, 0.05) is 0 Å². The second kappa shape index (κ2) is 7.28. The van der Waals surface area contributed by atoms with Crippen molar-refractivity contribution in [2.24, 2.45) is 0 Å². The van der Waals surface area contributed by atoms with Crippen molar-refractivity contribution in [1.82, 2.24) is 0 Å². The average molecular weight is 449 g/mol. The number of rotatable bonds is 2. The molecule has 0 atom stereocenters. The van der Waals surface area contributed by atoms with Crippen LogP contribution in [0.15, 0.2) is 127 Å². The molecule has 0 spiro atoms.